The zero-order valence-electron chi connectivity index (χ0n) is 14.8. The van der Waals surface area contributed by atoms with Crippen molar-refractivity contribution < 1.29 is 27.0 Å². The number of rotatable bonds is 4. The van der Waals surface area contributed by atoms with Crippen LogP contribution in [0.1, 0.15) is 5.82 Å². The molecule has 10 heteroatoms. The summed E-state index contributed by atoms with van der Waals surface area (Å²) in [4.78, 5) is 0. The molecule has 0 N–H and O–H groups in total. The Hall–Kier alpha value is -3.69. The van der Waals surface area contributed by atoms with Crippen molar-refractivity contribution in [2.75, 3.05) is 7.11 Å². The van der Waals surface area contributed by atoms with Crippen LogP contribution in [0.15, 0.2) is 54.6 Å². The number of halogens is 4. The lowest BCUT2D eigenvalue weighted by atomic mass is 10.0. The summed E-state index contributed by atoms with van der Waals surface area (Å²) in [6, 6.07) is 13.3. The van der Waals surface area contributed by atoms with E-state index in [0.717, 1.165) is 0 Å². The van der Waals surface area contributed by atoms with Crippen molar-refractivity contribution in [1.29, 1.82) is 0 Å². The van der Waals surface area contributed by atoms with E-state index < -0.39 is 17.8 Å². The molecule has 0 aliphatic carbocycles. The number of benzene rings is 2. The molecule has 0 amide bonds. The molecule has 0 spiro atoms. The number of hydrogen-bond acceptors (Lipinski definition) is 5. The highest BCUT2D eigenvalue weighted by Crippen LogP contribution is 2.35. The molecule has 0 atom stereocenters. The van der Waals surface area contributed by atoms with E-state index in [-0.39, 0.29) is 17.3 Å². The van der Waals surface area contributed by atoms with E-state index in [1.165, 1.54) is 37.4 Å². The average molecular weight is 404 g/mol. The van der Waals surface area contributed by atoms with Gasteiger partial charge in [0.2, 0.25) is 5.88 Å². The molecule has 2 aromatic heterocycles. The van der Waals surface area contributed by atoms with Gasteiger partial charge in [-0.05, 0) is 42.0 Å². The van der Waals surface area contributed by atoms with Crippen LogP contribution in [-0.2, 0) is 6.18 Å². The van der Waals surface area contributed by atoms with E-state index in [2.05, 4.69) is 15.3 Å². The number of ether oxygens (including phenoxy) is 2. The van der Waals surface area contributed by atoms with Crippen LogP contribution in [0, 0.1) is 5.82 Å². The first-order valence-corrected chi connectivity index (χ1v) is 8.26. The lowest BCUT2D eigenvalue weighted by Gasteiger charge is -2.12. The summed E-state index contributed by atoms with van der Waals surface area (Å²) in [5.41, 5.74) is 0.891. The Kier molecular flexibility index (Phi) is 4.53. The van der Waals surface area contributed by atoms with Gasteiger partial charge in [0.05, 0.1) is 7.11 Å². The van der Waals surface area contributed by atoms with Crippen molar-refractivity contribution in [2.24, 2.45) is 0 Å². The van der Waals surface area contributed by atoms with Gasteiger partial charge >= 0.3 is 6.18 Å². The molecule has 0 aliphatic heterocycles. The zero-order valence-corrected chi connectivity index (χ0v) is 14.8. The van der Waals surface area contributed by atoms with Gasteiger partial charge in [-0.2, -0.15) is 17.7 Å². The second kappa shape index (κ2) is 7.04. The van der Waals surface area contributed by atoms with Crippen molar-refractivity contribution >= 4 is 5.65 Å². The monoisotopic (exact) mass is 404 g/mol. The Labute approximate surface area is 161 Å². The summed E-state index contributed by atoms with van der Waals surface area (Å²) in [5, 5.41) is 10.4. The Morgan fingerprint density at radius 1 is 0.966 bits per heavy atom. The van der Waals surface area contributed by atoms with Crippen molar-refractivity contribution in [2.45, 2.75) is 6.18 Å². The van der Waals surface area contributed by atoms with Crippen LogP contribution in [0.4, 0.5) is 17.6 Å². The second-order valence-corrected chi connectivity index (χ2v) is 5.94. The Morgan fingerprint density at radius 3 is 2.55 bits per heavy atom. The summed E-state index contributed by atoms with van der Waals surface area (Å²) in [7, 11) is 1.50. The van der Waals surface area contributed by atoms with E-state index in [1.807, 2.05) is 0 Å². The van der Waals surface area contributed by atoms with Gasteiger partial charge in [0.1, 0.15) is 17.3 Å². The number of hydrogen-bond donors (Lipinski definition) is 0. The lowest BCUT2D eigenvalue weighted by molar-refractivity contribution is -0.146. The van der Waals surface area contributed by atoms with Gasteiger partial charge in [-0.1, -0.05) is 12.1 Å². The molecule has 0 unspecified atom stereocenters. The molecule has 4 rings (SSSR count). The second-order valence-electron chi connectivity index (χ2n) is 5.94. The number of nitrogens with zero attached hydrogens (tertiary/aromatic N) is 4. The van der Waals surface area contributed by atoms with Crippen LogP contribution in [0.3, 0.4) is 0 Å². The van der Waals surface area contributed by atoms with E-state index in [0.29, 0.717) is 21.4 Å². The Morgan fingerprint density at radius 2 is 1.79 bits per heavy atom. The molecule has 4 aromatic rings. The first-order chi connectivity index (χ1) is 13.8. The quantitative estimate of drug-likeness (QED) is 0.460. The first-order valence-electron chi connectivity index (χ1n) is 8.26. The highest BCUT2D eigenvalue weighted by Gasteiger charge is 2.37. The normalized spacial score (nSPS) is 11.6. The maximum atomic E-state index is 13.9. The molecular weight excluding hydrogens is 392 g/mol. The van der Waals surface area contributed by atoms with Gasteiger partial charge in [0.25, 0.3) is 5.82 Å². The minimum absolute atomic E-state index is 0.0863. The zero-order chi connectivity index (χ0) is 20.6. The molecule has 148 valence electrons. The smallest absolute Gasteiger partial charge is 0.453 e. The molecule has 0 aliphatic rings. The molecule has 0 saturated heterocycles. The number of fused-ring (bicyclic) bond motifs is 1. The van der Waals surface area contributed by atoms with Gasteiger partial charge in [-0.3, -0.25) is 0 Å². The fraction of sp³-hybridized carbons (Fsp3) is 0.105. The van der Waals surface area contributed by atoms with Gasteiger partial charge in [0, 0.05) is 11.6 Å². The van der Waals surface area contributed by atoms with Crippen LogP contribution in [-0.4, -0.2) is 26.9 Å². The third-order valence-corrected chi connectivity index (χ3v) is 4.03. The molecular formula is C19H12F4N4O2. The number of methoxy groups -OCH3 is 1. The van der Waals surface area contributed by atoms with Crippen molar-refractivity contribution in [3.8, 4) is 28.5 Å². The molecule has 6 nitrogen and oxygen atoms in total. The van der Waals surface area contributed by atoms with Crippen LogP contribution in [0.25, 0.3) is 16.8 Å². The fourth-order valence-corrected chi connectivity index (χ4v) is 2.72. The largest absolute Gasteiger partial charge is 0.497 e. The standard InChI is InChI=1S/C19H12F4N4O2/c1-28-13-4-2-3-11(9-13)14-10-12(20)5-6-15(14)29-17-8-7-16-24-25-18(19(21,22)23)27(16)26-17/h2-10H,1H3. The SMILES string of the molecule is COc1cccc(-c2cc(F)ccc2Oc2ccc3nnc(C(F)(F)F)n3n2)c1. The molecule has 0 bridgehead atoms. The van der Waals surface area contributed by atoms with Crippen LogP contribution < -0.4 is 9.47 Å². The molecule has 2 heterocycles. The van der Waals surface area contributed by atoms with E-state index in [9.17, 15) is 17.6 Å². The predicted octanol–water partition coefficient (Wildman–Crippen LogP) is 4.75. The summed E-state index contributed by atoms with van der Waals surface area (Å²) in [5.74, 6) is -1.16. The Bertz CT molecular complexity index is 1190. The third kappa shape index (κ3) is 3.68. The topological polar surface area (TPSA) is 61.5 Å². The van der Waals surface area contributed by atoms with Crippen molar-refractivity contribution in [1.82, 2.24) is 19.8 Å². The third-order valence-electron chi connectivity index (χ3n) is 4.03. The number of alkyl halides is 3. The average Bonchev–Trinajstić information content (AvgIpc) is 3.13. The Balaban J connectivity index is 1.77. The predicted molar refractivity (Wildman–Crippen MR) is 94.2 cm³/mol. The molecule has 0 saturated carbocycles. The molecule has 0 fully saturated rings. The van der Waals surface area contributed by atoms with Crippen molar-refractivity contribution in [3.63, 3.8) is 0 Å². The molecule has 2 aromatic carbocycles. The summed E-state index contributed by atoms with van der Waals surface area (Å²) in [6.07, 6.45) is -4.73. The van der Waals surface area contributed by atoms with Gasteiger partial charge < -0.3 is 9.47 Å². The number of aromatic nitrogens is 4. The van der Waals surface area contributed by atoms with Crippen LogP contribution >= 0.6 is 0 Å². The van der Waals surface area contributed by atoms with Gasteiger partial charge in [-0.15, -0.1) is 15.3 Å². The van der Waals surface area contributed by atoms with E-state index >= 15 is 0 Å². The van der Waals surface area contributed by atoms with Crippen LogP contribution in [0.5, 0.6) is 17.4 Å². The van der Waals surface area contributed by atoms with E-state index in [1.54, 1.807) is 24.3 Å². The lowest BCUT2D eigenvalue weighted by Crippen LogP contribution is -2.12. The summed E-state index contributed by atoms with van der Waals surface area (Å²) < 4.78 is 64.4. The van der Waals surface area contributed by atoms with Gasteiger partial charge in [0.15, 0.2) is 5.65 Å². The molecule has 0 radical (unpaired) electrons. The van der Waals surface area contributed by atoms with E-state index in [4.69, 9.17) is 9.47 Å². The minimum Gasteiger partial charge on any atom is -0.497 e. The highest BCUT2D eigenvalue weighted by molar-refractivity contribution is 5.72. The highest BCUT2D eigenvalue weighted by atomic mass is 19.4. The van der Waals surface area contributed by atoms with Crippen LogP contribution in [0.2, 0.25) is 0 Å². The fourth-order valence-electron chi connectivity index (χ4n) is 2.72. The first kappa shape index (κ1) is 18.7. The van der Waals surface area contributed by atoms with Gasteiger partial charge in [-0.25, -0.2) is 4.39 Å². The van der Waals surface area contributed by atoms with Crippen molar-refractivity contribution in [3.05, 3.63) is 66.2 Å². The minimum atomic E-state index is -4.73. The summed E-state index contributed by atoms with van der Waals surface area (Å²) in [6.45, 7) is 0. The maximum absolute atomic E-state index is 13.9. The molecule has 29 heavy (non-hydrogen) atoms. The maximum Gasteiger partial charge on any atom is 0.453 e. The summed E-state index contributed by atoms with van der Waals surface area (Å²) >= 11 is 0.